The molecule has 2 aromatic rings. The molecule has 0 unspecified atom stereocenters. The average Bonchev–Trinajstić information content (AvgIpc) is 2.83. The Balaban J connectivity index is 2.50. The van der Waals surface area contributed by atoms with E-state index in [1.165, 1.54) is 32.4 Å². The van der Waals surface area contributed by atoms with Gasteiger partial charge in [0.05, 0.1) is 19.3 Å². The topological polar surface area (TPSA) is 89.9 Å². The van der Waals surface area contributed by atoms with Gasteiger partial charge in [0.1, 0.15) is 11.3 Å². The number of hydrogen-bond acceptors (Lipinski definition) is 6. The second-order valence-electron chi connectivity index (χ2n) is 8.46. The molecule has 6 nitrogen and oxygen atoms in total. The Hall–Kier alpha value is -3.15. The molecular weight excluding hydrogens is 432 g/mol. The van der Waals surface area contributed by atoms with E-state index in [2.05, 4.69) is 6.92 Å². The van der Waals surface area contributed by atoms with Gasteiger partial charge in [0, 0.05) is 11.1 Å². The summed E-state index contributed by atoms with van der Waals surface area (Å²) in [6.07, 6.45) is 8.10. The minimum atomic E-state index is -0.889. The highest BCUT2D eigenvalue weighted by atomic mass is 16.5. The van der Waals surface area contributed by atoms with Crippen LogP contribution in [-0.2, 0) is 15.9 Å². The molecule has 6 heteroatoms. The van der Waals surface area contributed by atoms with Gasteiger partial charge in [-0.05, 0) is 38.3 Å². The van der Waals surface area contributed by atoms with E-state index in [-0.39, 0.29) is 29.0 Å². The lowest BCUT2D eigenvalue weighted by atomic mass is 9.89. The van der Waals surface area contributed by atoms with Crippen molar-refractivity contribution < 1.29 is 29.0 Å². The number of aromatic hydroxyl groups is 1. The predicted molar refractivity (Wildman–Crippen MR) is 132 cm³/mol. The van der Waals surface area contributed by atoms with Crippen molar-refractivity contribution in [2.45, 2.75) is 72.1 Å². The van der Waals surface area contributed by atoms with Crippen LogP contribution in [0.25, 0.3) is 0 Å². The van der Waals surface area contributed by atoms with Crippen molar-refractivity contribution in [2.75, 3.05) is 13.7 Å². The number of ether oxygens (including phenoxy) is 2. The van der Waals surface area contributed by atoms with Crippen LogP contribution in [0.1, 0.15) is 107 Å². The van der Waals surface area contributed by atoms with E-state index < -0.39 is 17.7 Å². The maximum Gasteiger partial charge on any atom is 0.342 e. The van der Waals surface area contributed by atoms with Crippen LogP contribution in [0.15, 0.2) is 30.3 Å². The third kappa shape index (κ3) is 6.92. The lowest BCUT2D eigenvalue weighted by Crippen LogP contribution is -2.20. The maximum absolute atomic E-state index is 13.4. The summed E-state index contributed by atoms with van der Waals surface area (Å²) < 4.78 is 10.00. The second-order valence-corrected chi connectivity index (χ2v) is 8.46. The molecule has 0 amide bonds. The zero-order valence-corrected chi connectivity index (χ0v) is 20.7. The first-order valence-corrected chi connectivity index (χ1v) is 12.1. The van der Waals surface area contributed by atoms with Gasteiger partial charge in [0.2, 0.25) is 0 Å². The van der Waals surface area contributed by atoms with Crippen molar-refractivity contribution in [1.29, 1.82) is 0 Å². The molecule has 34 heavy (non-hydrogen) atoms. The number of rotatable bonds is 13. The van der Waals surface area contributed by atoms with Crippen molar-refractivity contribution in [2.24, 2.45) is 0 Å². The van der Waals surface area contributed by atoms with Crippen LogP contribution < -0.4 is 0 Å². The first kappa shape index (κ1) is 27.1. The molecule has 0 aromatic heterocycles. The van der Waals surface area contributed by atoms with Crippen molar-refractivity contribution in [3.05, 3.63) is 63.7 Å². The molecular formula is C28H36O6. The van der Waals surface area contributed by atoms with Crippen LogP contribution in [0.2, 0.25) is 0 Å². The second kappa shape index (κ2) is 13.5. The van der Waals surface area contributed by atoms with E-state index in [1.807, 2.05) is 6.92 Å². The molecule has 2 aromatic carbocycles. The first-order valence-electron chi connectivity index (χ1n) is 12.1. The lowest BCUT2D eigenvalue weighted by molar-refractivity contribution is 0.0499. The third-order valence-electron chi connectivity index (χ3n) is 5.86. The van der Waals surface area contributed by atoms with E-state index in [0.29, 0.717) is 17.5 Å². The Morgan fingerprint density at radius 2 is 1.47 bits per heavy atom. The van der Waals surface area contributed by atoms with E-state index >= 15 is 0 Å². The fourth-order valence-corrected chi connectivity index (χ4v) is 3.95. The molecule has 2 rings (SSSR count). The van der Waals surface area contributed by atoms with Crippen LogP contribution in [-0.4, -0.2) is 36.5 Å². The standard InChI is InChI=1S/C28H36O6/c1-5-7-8-9-10-11-12-13-21-18-22(25(29)20-16-14-19(3)15-17-20)23(28(32)34-6-2)24(26(21)30)27(31)33-4/h14-18,30H,5-13H2,1-4H3. The molecule has 0 bridgehead atoms. The number of aryl methyl sites for hydroxylation is 2. The lowest BCUT2D eigenvalue weighted by Gasteiger charge is -2.17. The molecule has 0 heterocycles. The number of phenolic OH excluding ortho intramolecular Hbond substituents is 1. The van der Waals surface area contributed by atoms with Gasteiger partial charge in [0.25, 0.3) is 0 Å². The smallest absolute Gasteiger partial charge is 0.342 e. The highest BCUT2D eigenvalue weighted by Crippen LogP contribution is 2.33. The summed E-state index contributed by atoms with van der Waals surface area (Å²) in [7, 11) is 1.17. The predicted octanol–water partition coefficient (Wildman–Crippen LogP) is 6.19. The van der Waals surface area contributed by atoms with Crippen molar-refractivity contribution in [3.63, 3.8) is 0 Å². The summed E-state index contributed by atoms with van der Waals surface area (Å²) >= 11 is 0. The zero-order valence-electron chi connectivity index (χ0n) is 20.7. The number of phenols is 1. The molecule has 0 atom stereocenters. The number of unbranched alkanes of at least 4 members (excludes halogenated alkanes) is 6. The SMILES string of the molecule is CCCCCCCCCc1cc(C(=O)c2ccc(C)cc2)c(C(=O)OCC)c(C(=O)OC)c1O. The van der Waals surface area contributed by atoms with Gasteiger partial charge < -0.3 is 14.6 Å². The zero-order chi connectivity index (χ0) is 25.1. The van der Waals surface area contributed by atoms with Gasteiger partial charge in [0.15, 0.2) is 5.78 Å². The largest absolute Gasteiger partial charge is 0.507 e. The summed E-state index contributed by atoms with van der Waals surface area (Å²) in [6, 6.07) is 8.48. The fraction of sp³-hybridized carbons (Fsp3) is 0.464. The molecule has 0 spiro atoms. The van der Waals surface area contributed by atoms with Gasteiger partial charge in [-0.2, -0.15) is 0 Å². The number of benzene rings is 2. The molecule has 184 valence electrons. The van der Waals surface area contributed by atoms with Crippen LogP contribution in [0.5, 0.6) is 5.75 Å². The Bertz CT molecular complexity index is 991. The Kier molecular flexibility index (Phi) is 10.8. The molecule has 0 radical (unpaired) electrons. The first-order chi connectivity index (χ1) is 16.3. The van der Waals surface area contributed by atoms with Gasteiger partial charge >= 0.3 is 11.9 Å². The average molecular weight is 469 g/mol. The Morgan fingerprint density at radius 1 is 0.853 bits per heavy atom. The quantitative estimate of drug-likeness (QED) is 0.214. The van der Waals surface area contributed by atoms with Crippen molar-refractivity contribution in [3.8, 4) is 5.75 Å². The third-order valence-corrected chi connectivity index (χ3v) is 5.86. The fourth-order valence-electron chi connectivity index (χ4n) is 3.95. The Morgan fingerprint density at radius 3 is 2.06 bits per heavy atom. The van der Waals surface area contributed by atoms with Crippen LogP contribution in [0.3, 0.4) is 0 Å². The monoisotopic (exact) mass is 468 g/mol. The van der Waals surface area contributed by atoms with Crippen molar-refractivity contribution >= 4 is 17.7 Å². The molecule has 1 N–H and O–H groups in total. The van der Waals surface area contributed by atoms with E-state index in [4.69, 9.17) is 9.47 Å². The van der Waals surface area contributed by atoms with Crippen molar-refractivity contribution in [1.82, 2.24) is 0 Å². The number of methoxy groups -OCH3 is 1. The summed E-state index contributed by atoms with van der Waals surface area (Å²) in [4.78, 5) is 38.9. The number of carbonyl (C=O) groups is 3. The molecule has 0 fully saturated rings. The minimum absolute atomic E-state index is 0.0263. The van der Waals surface area contributed by atoms with Gasteiger partial charge in [-0.1, -0.05) is 75.3 Å². The Labute approximate surface area is 202 Å². The normalized spacial score (nSPS) is 10.7. The summed E-state index contributed by atoms with van der Waals surface area (Å²) in [6.45, 7) is 5.77. The summed E-state index contributed by atoms with van der Waals surface area (Å²) in [5.41, 5.74) is 1.25. The number of esters is 2. The minimum Gasteiger partial charge on any atom is -0.507 e. The summed E-state index contributed by atoms with van der Waals surface area (Å²) in [5.74, 6) is -2.49. The number of ketones is 1. The van der Waals surface area contributed by atoms with Crippen LogP contribution in [0.4, 0.5) is 0 Å². The number of carbonyl (C=O) groups excluding carboxylic acids is 3. The highest BCUT2D eigenvalue weighted by Gasteiger charge is 2.31. The summed E-state index contributed by atoms with van der Waals surface area (Å²) in [5, 5.41) is 11.0. The molecule has 0 saturated heterocycles. The molecule has 0 aliphatic rings. The van der Waals surface area contributed by atoms with Crippen LogP contribution in [0, 0.1) is 6.92 Å². The highest BCUT2D eigenvalue weighted by molar-refractivity contribution is 6.18. The van der Waals surface area contributed by atoms with Gasteiger partial charge in [-0.3, -0.25) is 4.79 Å². The van der Waals surface area contributed by atoms with E-state index in [1.54, 1.807) is 31.2 Å². The van der Waals surface area contributed by atoms with E-state index in [9.17, 15) is 19.5 Å². The van der Waals surface area contributed by atoms with E-state index in [0.717, 1.165) is 31.2 Å². The molecule has 0 aliphatic carbocycles. The molecule has 0 aliphatic heterocycles. The van der Waals surface area contributed by atoms with Gasteiger partial charge in [-0.15, -0.1) is 0 Å². The van der Waals surface area contributed by atoms with Crippen LogP contribution >= 0.6 is 0 Å². The maximum atomic E-state index is 13.4. The number of hydrogen-bond donors (Lipinski definition) is 1. The molecule has 0 saturated carbocycles. The van der Waals surface area contributed by atoms with Gasteiger partial charge in [-0.25, -0.2) is 9.59 Å².